The highest BCUT2D eigenvalue weighted by Crippen LogP contribution is 2.18. The molecule has 3 aromatic rings. The molecule has 0 bridgehead atoms. The lowest BCUT2D eigenvalue weighted by Crippen LogP contribution is -2.24. The van der Waals surface area contributed by atoms with Crippen molar-refractivity contribution in [2.24, 2.45) is 0 Å². The fourth-order valence-corrected chi connectivity index (χ4v) is 3.48. The van der Waals surface area contributed by atoms with Crippen LogP contribution in [-0.2, 0) is 24.3 Å². The van der Waals surface area contributed by atoms with Crippen molar-refractivity contribution in [3.05, 3.63) is 77.6 Å². The summed E-state index contributed by atoms with van der Waals surface area (Å²) in [6.45, 7) is 3.39. The smallest absolute Gasteiger partial charge is 0.230 e. The van der Waals surface area contributed by atoms with Gasteiger partial charge in [-0.15, -0.1) is 10.2 Å². The molecule has 0 atom stereocenters. The molecule has 0 fully saturated rings. The van der Waals surface area contributed by atoms with E-state index in [1.54, 1.807) is 0 Å². The number of rotatable bonds is 8. The lowest BCUT2D eigenvalue weighted by atomic mass is 10.1. The summed E-state index contributed by atoms with van der Waals surface area (Å²) in [7, 11) is 0. The number of carbonyl (C=O) groups excluding carboxylic acids is 1. The van der Waals surface area contributed by atoms with Gasteiger partial charge in [-0.3, -0.25) is 4.79 Å². The average molecular weight is 366 g/mol. The lowest BCUT2D eigenvalue weighted by Gasteiger charge is -2.08. The quantitative estimate of drug-likeness (QED) is 0.622. The Kier molecular flexibility index (Phi) is 6.44. The third kappa shape index (κ3) is 4.95. The van der Waals surface area contributed by atoms with Crippen molar-refractivity contribution in [3.63, 3.8) is 0 Å². The van der Waals surface area contributed by atoms with Crippen LogP contribution in [0.3, 0.4) is 0 Å². The summed E-state index contributed by atoms with van der Waals surface area (Å²) >= 11 is 1.42. The summed E-state index contributed by atoms with van der Waals surface area (Å²) in [5.74, 6) is 1.25. The minimum atomic E-state index is -0.00545. The summed E-state index contributed by atoms with van der Waals surface area (Å²) in [6, 6.07) is 20.1. The van der Waals surface area contributed by atoms with Crippen LogP contribution in [0.25, 0.3) is 0 Å². The van der Waals surface area contributed by atoms with Gasteiger partial charge < -0.3 is 9.88 Å². The van der Waals surface area contributed by atoms with Crippen molar-refractivity contribution in [1.29, 1.82) is 0 Å². The van der Waals surface area contributed by atoms with Gasteiger partial charge in [-0.2, -0.15) is 0 Å². The minimum Gasteiger partial charge on any atom is -0.351 e. The zero-order valence-electron chi connectivity index (χ0n) is 14.8. The fraction of sp³-hybridized carbons (Fsp3) is 0.250. The monoisotopic (exact) mass is 366 g/mol. The summed E-state index contributed by atoms with van der Waals surface area (Å²) in [4.78, 5) is 12.1. The molecule has 1 heterocycles. The van der Waals surface area contributed by atoms with Crippen molar-refractivity contribution in [2.75, 3.05) is 5.75 Å². The highest BCUT2D eigenvalue weighted by Gasteiger charge is 2.13. The normalized spacial score (nSPS) is 10.7. The van der Waals surface area contributed by atoms with Crippen LogP contribution in [0.5, 0.6) is 0 Å². The van der Waals surface area contributed by atoms with Crippen LogP contribution in [0.2, 0.25) is 0 Å². The molecule has 0 radical (unpaired) electrons. The third-order valence-electron chi connectivity index (χ3n) is 3.98. The highest BCUT2D eigenvalue weighted by molar-refractivity contribution is 7.99. The second-order valence-corrected chi connectivity index (χ2v) is 6.80. The predicted molar refractivity (Wildman–Crippen MR) is 104 cm³/mol. The molecule has 0 aliphatic heterocycles. The number of nitrogens with one attached hydrogen (secondary N) is 1. The molecule has 6 heteroatoms. The van der Waals surface area contributed by atoms with Crippen molar-refractivity contribution in [3.8, 4) is 0 Å². The first-order valence-electron chi connectivity index (χ1n) is 8.65. The third-order valence-corrected chi connectivity index (χ3v) is 4.95. The Bertz CT molecular complexity index is 834. The van der Waals surface area contributed by atoms with E-state index in [2.05, 4.69) is 39.1 Å². The summed E-state index contributed by atoms with van der Waals surface area (Å²) < 4.78 is 2.07. The van der Waals surface area contributed by atoms with Gasteiger partial charge in [0.25, 0.3) is 0 Å². The Morgan fingerprint density at radius 2 is 1.65 bits per heavy atom. The van der Waals surface area contributed by atoms with E-state index in [1.807, 2.05) is 48.5 Å². The van der Waals surface area contributed by atoms with Gasteiger partial charge in [-0.1, -0.05) is 72.4 Å². The lowest BCUT2D eigenvalue weighted by molar-refractivity contribution is -0.118. The molecule has 1 amide bonds. The molecule has 0 saturated carbocycles. The van der Waals surface area contributed by atoms with E-state index in [1.165, 1.54) is 17.3 Å². The van der Waals surface area contributed by atoms with E-state index in [-0.39, 0.29) is 5.91 Å². The highest BCUT2D eigenvalue weighted by atomic mass is 32.2. The zero-order valence-corrected chi connectivity index (χ0v) is 15.6. The Morgan fingerprint density at radius 1 is 1.00 bits per heavy atom. The van der Waals surface area contributed by atoms with Gasteiger partial charge in [0.15, 0.2) is 5.16 Å². The second kappa shape index (κ2) is 9.20. The number of hydrogen-bond acceptors (Lipinski definition) is 4. The maximum atomic E-state index is 12.1. The van der Waals surface area contributed by atoms with Crippen LogP contribution < -0.4 is 5.32 Å². The summed E-state index contributed by atoms with van der Waals surface area (Å²) in [5.41, 5.74) is 2.29. The number of nitrogens with zero attached hydrogens (tertiary/aromatic N) is 3. The van der Waals surface area contributed by atoms with Crippen LogP contribution in [0, 0.1) is 0 Å². The molecule has 1 aromatic heterocycles. The largest absolute Gasteiger partial charge is 0.351 e. The van der Waals surface area contributed by atoms with Crippen molar-refractivity contribution in [2.45, 2.75) is 31.6 Å². The standard InChI is InChI=1S/C20H22N4OS/c1-2-24-18(13-16-9-5-3-6-10-16)22-23-20(24)26-15-19(25)21-14-17-11-7-4-8-12-17/h3-12H,2,13-15H2,1H3,(H,21,25). The number of aromatic nitrogens is 3. The van der Waals surface area contributed by atoms with Gasteiger partial charge in [-0.05, 0) is 18.1 Å². The molecule has 3 rings (SSSR count). The Morgan fingerprint density at radius 3 is 2.31 bits per heavy atom. The SMILES string of the molecule is CCn1c(Cc2ccccc2)nnc1SCC(=O)NCc1ccccc1. The van der Waals surface area contributed by atoms with Gasteiger partial charge in [-0.25, -0.2) is 0 Å². The molecular weight excluding hydrogens is 344 g/mol. The summed E-state index contributed by atoms with van der Waals surface area (Å²) in [6.07, 6.45) is 0.739. The molecule has 0 aliphatic rings. The first-order valence-corrected chi connectivity index (χ1v) is 9.64. The van der Waals surface area contributed by atoms with Crippen LogP contribution in [0.1, 0.15) is 23.9 Å². The molecular formula is C20H22N4OS. The molecule has 5 nitrogen and oxygen atoms in total. The Hall–Kier alpha value is -2.60. The zero-order chi connectivity index (χ0) is 18.2. The summed E-state index contributed by atoms with van der Waals surface area (Å²) in [5, 5.41) is 12.3. The maximum Gasteiger partial charge on any atom is 0.230 e. The number of benzene rings is 2. The van der Waals surface area contributed by atoms with Gasteiger partial charge in [0.1, 0.15) is 5.82 Å². The Balaban J connectivity index is 1.55. The first-order chi connectivity index (χ1) is 12.8. The van der Waals surface area contributed by atoms with E-state index in [0.29, 0.717) is 12.3 Å². The van der Waals surface area contributed by atoms with Crippen LogP contribution in [0.15, 0.2) is 65.8 Å². The number of amides is 1. The van der Waals surface area contributed by atoms with Crippen molar-refractivity contribution >= 4 is 17.7 Å². The van der Waals surface area contributed by atoms with Crippen molar-refractivity contribution < 1.29 is 4.79 Å². The number of thioether (sulfide) groups is 1. The number of hydrogen-bond donors (Lipinski definition) is 1. The van der Waals surface area contributed by atoms with Crippen molar-refractivity contribution in [1.82, 2.24) is 20.1 Å². The Labute approximate surface area is 157 Å². The molecule has 26 heavy (non-hydrogen) atoms. The van der Waals surface area contributed by atoms with E-state index in [9.17, 15) is 4.79 Å². The minimum absolute atomic E-state index is 0.00545. The maximum absolute atomic E-state index is 12.1. The van der Waals surface area contributed by atoms with Crippen LogP contribution in [0.4, 0.5) is 0 Å². The second-order valence-electron chi connectivity index (χ2n) is 5.86. The molecule has 1 N–H and O–H groups in total. The van der Waals surface area contributed by atoms with Gasteiger partial charge in [0, 0.05) is 19.5 Å². The van der Waals surface area contributed by atoms with Gasteiger partial charge in [0.05, 0.1) is 5.75 Å². The average Bonchev–Trinajstić information content (AvgIpc) is 3.07. The first kappa shape index (κ1) is 18.2. The van der Waals surface area contributed by atoms with Gasteiger partial charge in [0.2, 0.25) is 5.91 Å². The van der Waals surface area contributed by atoms with Crippen LogP contribution in [-0.4, -0.2) is 26.4 Å². The molecule has 0 aliphatic carbocycles. The molecule has 2 aromatic carbocycles. The van der Waals surface area contributed by atoms with E-state index in [0.717, 1.165) is 29.5 Å². The predicted octanol–water partition coefficient (Wildman–Crippen LogP) is 3.30. The molecule has 134 valence electrons. The van der Waals surface area contributed by atoms with Crippen LogP contribution >= 0.6 is 11.8 Å². The molecule has 0 saturated heterocycles. The fourth-order valence-electron chi connectivity index (χ4n) is 2.63. The van der Waals surface area contributed by atoms with E-state index >= 15 is 0 Å². The van der Waals surface area contributed by atoms with E-state index in [4.69, 9.17) is 0 Å². The molecule has 0 unspecified atom stereocenters. The van der Waals surface area contributed by atoms with E-state index < -0.39 is 0 Å². The number of carbonyl (C=O) groups is 1. The molecule has 0 spiro atoms. The topological polar surface area (TPSA) is 59.8 Å². The van der Waals surface area contributed by atoms with Gasteiger partial charge >= 0.3 is 0 Å².